The van der Waals surface area contributed by atoms with Crippen LogP contribution in [0.3, 0.4) is 0 Å². The van der Waals surface area contributed by atoms with E-state index in [2.05, 4.69) is 63.8 Å². The molecule has 2 N–H and O–H groups in total. The number of hydrogen-bond acceptors (Lipinski definition) is 4. The Kier molecular flexibility index (Phi) is 10.8. The van der Waals surface area contributed by atoms with Crippen molar-refractivity contribution < 1.29 is 9.59 Å². The molecule has 2 aliphatic rings. The molecule has 2 heterocycles. The van der Waals surface area contributed by atoms with Crippen LogP contribution in [-0.2, 0) is 4.79 Å². The number of rotatable bonds is 11. The Morgan fingerprint density at radius 2 is 1.55 bits per heavy atom. The zero-order valence-electron chi connectivity index (χ0n) is 25.0. The van der Waals surface area contributed by atoms with Crippen molar-refractivity contribution in [2.45, 2.75) is 63.5 Å². The molecule has 3 aromatic rings. The van der Waals surface area contributed by atoms with Crippen molar-refractivity contribution in [3.63, 3.8) is 0 Å². The van der Waals surface area contributed by atoms with Gasteiger partial charge in [0.05, 0.1) is 6.04 Å². The molecule has 0 spiro atoms. The van der Waals surface area contributed by atoms with E-state index in [1.165, 1.54) is 24.8 Å². The maximum Gasteiger partial charge on any atom is 0.251 e. The molecule has 0 aromatic heterocycles. The third-order valence-corrected chi connectivity index (χ3v) is 8.94. The number of likely N-dealkylation sites (tertiary alicyclic amines) is 1. The van der Waals surface area contributed by atoms with Crippen molar-refractivity contribution in [1.29, 1.82) is 0 Å². The minimum atomic E-state index is -0.241. The maximum atomic E-state index is 13.9. The Morgan fingerprint density at radius 3 is 2.24 bits per heavy atom. The highest BCUT2D eigenvalue weighted by Gasteiger charge is 2.32. The SMILES string of the molecule is CC[C@H](CN1CC[C@@H](CNC(=O)c2ccc(-c3ccccc3)cc2)N[C@@H](CCN2CCCCC2)C1=O)c1ccccc1. The summed E-state index contributed by atoms with van der Waals surface area (Å²) in [7, 11) is 0. The highest BCUT2D eigenvalue weighted by molar-refractivity contribution is 5.94. The van der Waals surface area contributed by atoms with Crippen LogP contribution in [0.1, 0.15) is 67.3 Å². The van der Waals surface area contributed by atoms with Gasteiger partial charge in [0.25, 0.3) is 5.91 Å². The number of benzene rings is 3. The van der Waals surface area contributed by atoms with E-state index < -0.39 is 0 Å². The Balaban J connectivity index is 1.23. The molecule has 2 amide bonds. The van der Waals surface area contributed by atoms with E-state index in [1.54, 1.807) is 0 Å². The van der Waals surface area contributed by atoms with E-state index in [0.29, 0.717) is 24.6 Å². The molecule has 2 fully saturated rings. The summed E-state index contributed by atoms with van der Waals surface area (Å²) < 4.78 is 0. The molecule has 3 aromatic carbocycles. The fourth-order valence-corrected chi connectivity index (χ4v) is 6.35. The Hall–Kier alpha value is -3.48. The van der Waals surface area contributed by atoms with Crippen LogP contribution in [-0.4, -0.2) is 73.0 Å². The van der Waals surface area contributed by atoms with Gasteiger partial charge in [-0.05, 0) is 74.0 Å². The van der Waals surface area contributed by atoms with Crippen LogP contribution in [0, 0.1) is 0 Å². The first-order valence-electron chi connectivity index (χ1n) is 15.9. The summed E-state index contributed by atoms with van der Waals surface area (Å²) in [4.78, 5) is 31.6. The number of carbonyl (C=O) groups excluding carboxylic acids is 2. The molecular formula is C36H46N4O2. The van der Waals surface area contributed by atoms with Crippen LogP contribution in [0.15, 0.2) is 84.9 Å². The molecule has 0 aliphatic carbocycles. The number of hydrogen-bond donors (Lipinski definition) is 2. The third kappa shape index (κ3) is 8.08. The van der Waals surface area contributed by atoms with Crippen LogP contribution in [0.4, 0.5) is 0 Å². The Bertz CT molecular complexity index is 1260. The van der Waals surface area contributed by atoms with Gasteiger partial charge in [-0.2, -0.15) is 0 Å². The van der Waals surface area contributed by atoms with Gasteiger partial charge >= 0.3 is 0 Å². The van der Waals surface area contributed by atoms with E-state index in [0.717, 1.165) is 56.6 Å². The van der Waals surface area contributed by atoms with Crippen molar-refractivity contribution in [1.82, 2.24) is 20.4 Å². The first kappa shape index (κ1) is 30.0. The summed E-state index contributed by atoms with van der Waals surface area (Å²) in [5.41, 5.74) is 4.16. The smallest absolute Gasteiger partial charge is 0.251 e. The topological polar surface area (TPSA) is 64.7 Å². The molecule has 3 atom stereocenters. The molecule has 0 unspecified atom stereocenters. The summed E-state index contributed by atoms with van der Waals surface area (Å²) in [6.45, 7) is 7.31. The number of nitrogens with zero attached hydrogens (tertiary/aromatic N) is 2. The minimum absolute atomic E-state index is 0.0367. The van der Waals surface area contributed by atoms with Gasteiger partial charge in [0.15, 0.2) is 0 Å². The fraction of sp³-hybridized carbons (Fsp3) is 0.444. The largest absolute Gasteiger partial charge is 0.350 e. The van der Waals surface area contributed by atoms with E-state index >= 15 is 0 Å². The lowest BCUT2D eigenvalue weighted by Crippen LogP contribution is -2.50. The number of carbonyl (C=O) groups is 2. The number of piperidine rings is 1. The number of nitrogens with one attached hydrogen (secondary N) is 2. The summed E-state index contributed by atoms with van der Waals surface area (Å²) in [5, 5.41) is 6.82. The van der Waals surface area contributed by atoms with E-state index in [1.807, 2.05) is 48.5 Å². The molecule has 6 nitrogen and oxygen atoms in total. The second kappa shape index (κ2) is 15.1. The summed E-state index contributed by atoms with van der Waals surface area (Å²) in [6.07, 6.45) is 6.39. The molecular weight excluding hydrogens is 520 g/mol. The molecule has 42 heavy (non-hydrogen) atoms. The van der Waals surface area contributed by atoms with Gasteiger partial charge in [-0.15, -0.1) is 0 Å². The molecule has 2 saturated heterocycles. The highest BCUT2D eigenvalue weighted by atomic mass is 16.2. The average Bonchev–Trinajstić information content (AvgIpc) is 3.20. The lowest BCUT2D eigenvalue weighted by atomic mass is 9.95. The zero-order chi connectivity index (χ0) is 29.1. The van der Waals surface area contributed by atoms with Crippen LogP contribution < -0.4 is 10.6 Å². The van der Waals surface area contributed by atoms with E-state index in [-0.39, 0.29) is 23.9 Å². The number of amides is 2. The van der Waals surface area contributed by atoms with E-state index in [9.17, 15) is 9.59 Å². The van der Waals surface area contributed by atoms with Gasteiger partial charge in [0, 0.05) is 43.7 Å². The fourth-order valence-electron chi connectivity index (χ4n) is 6.35. The van der Waals surface area contributed by atoms with Crippen molar-refractivity contribution in [2.75, 3.05) is 39.3 Å². The Labute approximate surface area is 251 Å². The van der Waals surface area contributed by atoms with Crippen LogP contribution in [0.5, 0.6) is 0 Å². The molecule has 222 valence electrons. The van der Waals surface area contributed by atoms with Gasteiger partial charge < -0.3 is 20.4 Å². The standard InChI is InChI=1S/C36H46N4O2/c1-2-28(29-12-6-3-7-13-29)27-40-25-20-33(38-34(36(40)42)21-24-39-22-10-5-11-23-39)26-37-35(41)32-18-16-31(17-19-32)30-14-8-4-9-15-30/h3-4,6-9,12-19,28,33-34,38H,2,5,10-11,20-27H2,1H3,(H,37,41)/t28-,33+,34+/m1/s1. The van der Waals surface area contributed by atoms with E-state index in [4.69, 9.17) is 0 Å². The third-order valence-electron chi connectivity index (χ3n) is 8.94. The monoisotopic (exact) mass is 566 g/mol. The lowest BCUT2D eigenvalue weighted by Gasteiger charge is -2.31. The average molecular weight is 567 g/mol. The molecule has 2 aliphatic heterocycles. The van der Waals surface area contributed by atoms with Gasteiger partial charge in [0.2, 0.25) is 5.91 Å². The van der Waals surface area contributed by atoms with Crippen LogP contribution in [0.2, 0.25) is 0 Å². The quantitative estimate of drug-likeness (QED) is 0.312. The first-order chi connectivity index (χ1) is 20.6. The molecule has 0 radical (unpaired) electrons. The van der Waals surface area contributed by atoms with Crippen LogP contribution in [0.25, 0.3) is 11.1 Å². The van der Waals surface area contributed by atoms with Gasteiger partial charge in [-0.25, -0.2) is 0 Å². The molecule has 0 saturated carbocycles. The van der Waals surface area contributed by atoms with Crippen molar-refractivity contribution >= 4 is 11.8 Å². The minimum Gasteiger partial charge on any atom is -0.350 e. The van der Waals surface area contributed by atoms with Gasteiger partial charge in [0.1, 0.15) is 0 Å². The van der Waals surface area contributed by atoms with Gasteiger partial charge in [-0.1, -0.05) is 86.1 Å². The second-order valence-corrected chi connectivity index (χ2v) is 11.8. The predicted octanol–water partition coefficient (Wildman–Crippen LogP) is 5.71. The van der Waals surface area contributed by atoms with Crippen molar-refractivity contribution in [3.05, 3.63) is 96.1 Å². The Morgan fingerprint density at radius 1 is 0.881 bits per heavy atom. The normalized spacial score (nSPS) is 20.6. The van der Waals surface area contributed by atoms with Crippen molar-refractivity contribution in [3.8, 4) is 11.1 Å². The summed E-state index contributed by atoms with van der Waals surface area (Å²) in [6, 6.07) is 28.3. The highest BCUT2D eigenvalue weighted by Crippen LogP contribution is 2.23. The predicted molar refractivity (Wildman–Crippen MR) is 171 cm³/mol. The lowest BCUT2D eigenvalue weighted by molar-refractivity contribution is -0.133. The zero-order valence-corrected chi connectivity index (χ0v) is 25.0. The summed E-state index contributed by atoms with van der Waals surface area (Å²) >= 11 is 0. The molecule has 5 rings (SSSR count). The molecule has 0 bridgehead atoms. The van der Waals surface area contributed by atoms with Crippen molar-refractivity contribution in [2.24, 2.45) is 0 Å². The molecule has 6 heteroatoms. The second-order valence-electron chi connectivity index (χ2n) is 11.8. The summed E-state index contributed by atoms with van der Waals surface area (Å²) in [5.74, 6) is 0.434. The first-order valence-corrected chi connectivity index (χ1v) is 15.9. The maximum absolute atomic E-state index is 13.9. The van der Waals surface area contributed by atoms with Gasteiger partial charge in [-0.3, -0.25) is 9.59 Å². The van der Waals surface area contributed by atoms with Crippen LogP contribution >= 0.6 is 0 Å².